The molecule has 1 aliphatic heterocycles. The number of fused-ring (bicyclic) bond motifs is 1. The van der Waals surface area contributed by atoms with Gasteiger partial charge in [0, 0.05) is 43.7 Å². The lowest BCUT2D eigenvalue weighted by Crippen LogP contribution is -2.47. The van der Waals surface area contributed by atoms with Crippen molar-refractivity contribution in [3.8, 4) is 5.75 Å². The SMILES string of the molecule is COc1ccccc1NC(=O)NC1CCN(C(=O)c2ccc3c(c2)nc(CCc2ccc(C(=N)N)cc2)n3C)CC1. The summed E-state index contributed by atoms with van der Waals surface area (Å²) in [6, 6.07) is 20.3. The van der Waals surface area contributed by atoms with Gasteiger partial charge in [-0.3, -0.25) is 10.2 Å². The third kappa shape index (κ3) is 6.32. The highest BCUT2D eigenvalue weighted by molar-refractivity contribution is 5.97. The smallest absolute Gasteiger partial charge is 0.319 e. The van der Waals surface area contributed by atoms with Crippen molar-refractivity contribution in [3.63, 3.8) is 0 Å². The molecule has 2 heterocycles. The van der Waals surface area contributed by atoms with E-state index in [1.54, 1.807) is 19.2 Å². The van der Waals surface area contributed by atoms with Crippen molar-refractivity contribution in [1.82, 2.24) is 19.8 Å². The van der Waals surface area contributed by atoms with E-state index in [0.717, 1.165) is 35.3 Å². The summed E-state index contributed by atoms with van der Waals surface area (Å²) < 4.78 is 7.36. The number of aromatic nitrogens is 2. The van der Waals surface area contributed by atoms with Gasteiger partial charge < -0.3 is 30.6 Å². The van der Waals surface area contributed by atoms with Crippen LogP contribution < -0.4 is 21.1 Å². The number of likely N-dealkylation sites (tertiary alicyclic amines) is 1. The maximum absolute atomic E-state index is 13.3. The van der Waals surface area contributed by atoms with Crippen molar-refractivity contribution in [3.05, 3.63) is 89.2 Å². The predicted octanol–water partition coefficient (Wildman–Crippen LogP) is 4.08. The maximum Gasteiger partial charge on any atom is 0.319 e. The van der Waals surface area contributed by atoms with Crippen LogP contribution in [0.1, 0.15) is 40.2 Å². The molecule has 4 aromatic rings. The molecule has 41 heavy (non-hydrogen) atoms. The molecule has 10 heteroatoms. The molecule has 5 N–H and O–H groups in total. The molecule has 5 rings (SSSR count). The first kappa shape index (κ1) is 27.7. The van der Waals surface area contributed by atoms with Crippen LogP contribution in [0.25, 0.3) is 11.0 Å². The molecule has 0 bridgehead atoms. The molecule has 1 aromatic heterocycles. The van der Waals surface area contributed by atoms with Crippen LogP contribution in [0.5, 0.6) is 5.75 Å². The number of methoxy groups -OCH3 is 1. The highest BCUT2D eigenvalue weighted by atomic mass is 16.5. The van der Waals surface area contributed by atoms with E-state index < -0.39 is 0 Å². The lowest BCUT2D eigenvalue weighted by Gasteiger charge is -2.32. The van der Waals surface area contributed by atoms with Crippen LogP contribution in [0, 0.1) is 5.41 Å². The van der Waals surface area contributed by atoms with Crippen LogP contribution in [0.15, 0.2) is 66.7 Å². The van der Waals surface area contributed by atoms with E-state index in [-0.39, 0.29) is 23.8 Å². The monoisotopic (exact) mass is 553 g/mol. The summed E-state index contributed by atoms with van der Waals surface area (Å²) in [7, 11) is 3.56. The number of hydrogen-bond acceptors (Lipinski definition) is 5. The number of amides is 3. The van der Waals surface area contributed by atoms with Crippen molar-refractivity contribution in [2.45, 2.75) is 31.7 Å². The number of nitrogens with two attached hydrogens (primary N) is 1. The van der Waals surface area contributed by atoms with E-state index in [2.05, 4.69) is 15.2 Å². The van der Waals surface area contributed by atoms with Crippen molar-refractivity contribution in [1.29, 1.82) is 5.41 Å². The average molecular weight is 554 g/mol. The Labute approximate surface area is 239 Å². The lowest BCUT2D eigenvalue weighted by molar-refractivity contribution is 0.0709. The van der Waals surface area contributed by atoms with Gasteiger partial charge in [-0.25, -0.2) is 9.78 Å². The number of benzene rings is 3. The van der Waals surface area contributed by atoms with Gasteiger partial charge in [-0.2, -0.15) is 0 Å². The molecule has 0 saturated carbocycles. The molecular formula is C31H35N7O3. The molecule has 0 spiro atoms. The largest absolute Gasteiger partial charge is 0.495 e. The number of nitrogens with zero attached hydrogens (tertiary/aromatic N) is 3. The minimum Gasteiger partial charge on any atom is -0.495 e. The van der Waals surface area contributed by atoms with E-state index in [4.69, 9.17) is 20.9 Å². The van der Waals surface area contributed by atoms with Gasteiger partial charge in [0.1, 0.15) is 17.4 Å². The topological polar surface area (TPSA) is 138 Å². The van der Waals surface area contributed by atoms with E-state index in [9.17, 15) is 9.59 Å². The van der Waals surface area contributed by atoms with Crippen molar-refractivity contribution in [2.75, 3.05) is 25.5 Å². The number of hydrogen-bond donors (Lipinski definition) is 4. The fourth-order valence-corrected chi connectivity index (χ4v) is 5.21. The number of imidazole rings is 1. The number of rotatable bonds is 8. The predicted molar refractivity (Wildman–Crippen MR) is 160 cm³/mol. The molecule has 212 valence electrons. The Kier molecular flexibility index (Phi) is 8.19. The number of para-hydroxylation sites is 2. The first-order chi connectivity index (χ1) is 19.8. The van der Waals surface area contributed by atoms with Crippen LogP contribution in [0.3, 0.4) is 0 Å². The average Bonchev–Trinajstić information content (AvgIpc) is 3.30. The third-order valence-corrected chi connectivity index (χ3v) is 7.60. The molecule has 3 amide bonds. The van der Waals surface area contributed by atoms with Gasteiger partial charge in [0.25, 0.3) is 5.91 Å². The van der Waals surface area contributed by atoms with Gasteiger partial charge in [0.2, 0.25) is 0 Å². The second-order valence-electron chi connectivity index (χ2n) is 10.3. The number of nitrogens with one attached hydrogen (secondary N) is 3. The van der Waals surface area contributed by atoms with Crippen LogP contribution in [0.4, 0.5) is 10.5 Å². The van der Waals surface area contributed by atoms with Crippen molar-refractivity contribution in [2.24, 2.45) is 12.8 Å². The van der Waals surface area contributed by atoms with Gasteiger partial charge in [-0.05, 0) is 55.2 Å². The molecule has 3 aromatic carbocycles. The van der Waals surface area contributed by atoms with Gasteiger partial charge >= 0.3 is 6.03 Å². The quantitative estimate of drug-likeness (QED) is 0.192. The van der Waals surface area contributed by atoms with E-state index in [1.165, 1.54) is 0 Å². The van der Waals surface area contributed by atoms with Gasteiger partial charge in [0.15, 0.2) is 0 Å². The van der Waals surface area contributed by atoms with Crippen molar-refractivity contribution < 1.29 is 14.3 Å². The Balaban J connectivity index is 1.16. The van der Waals surface area contributed by atoms with Crippen LogP contribution in [-0.4, -0.2) is 58.5 Å². The molecule has 0 unspecified atom stereocenters. The summed E-state index contributed by atoms with van der Waals surface area (Å²) in [6.07, 6.45) is 2.91. The molecule has 0 radical (unpaired) electrons. The number of carbonyl (C=O) groups excluding carboxylic acids is 2. The van der Waals surface area contributed by atoms with E-state index in [0.29, 0.717) is 48.5 Å². The first-order valence-electron chi connectivity index (χ1n) is 13.7. The first-order valence-corrected chi connectivity index (χ1v) is 13.7. The van der Waals surface area contributed by atoms with Gasteiger partial charge in [-0.1, -0.05) is 36.4 Å². The number of urea groups is 1. The highest BCUT2D eigenvalue weighted by Gasteiger charge is 2.25. The molecule has 10 nitrogen and oxygen atoms in total. The number of anilines is 1. The van der Waals surface area contributed by atoms with Crippen LogP contribution >= 0.6 is 0 Å². The molecule has 0 aliphatic carbocycles. The summed E-state index contributed by atoms with van der Waals surface area (Å²) in [5.74, 6) is 1.58. The molecule has 1 fully saturated rings. The Bertz CT molecular complexity index is 1570. The third-order valence-electron chi connectivity index (χ3n) is 7.60. The number of nitrogen functional groups attached to an aromatic ring is 1. The number of carbonyl (C=O) groups is 2. The summed E-state index contributed by atoms with van der Waals surface area (Å²) in [6.45, 7) is 1.12. The zero-order chi connectivity index (χ0) is 28.9. The highest BCUT2D eigenvalue weighted by Crippen LogP contribution is 2.24. The van der Waals surface area contributed by atoms with Gasteiger partial charge in [-0.15, -0.1) is 0 Å². The Hall–Kier alpha value is -4.86. The summed E-state index contributed by atoms with van der Waals surface area (Å²) >= 11 is 0. The van der Waals surface area contributed by atoms with E-state index >= 15 is 0 Å². The number of aryl methyl sites for hydroxylation is 3. The number of amidine groups is 1. The standard InChI is InChI=1S/C31H35N7O3/c1-37-26-13-12-22(19-25(26)35-28(37)14-9-20-7-10-21(11-8-20)29(32)33)30(39)38-17-15-23(16-18-38)34-31(40)36-24-5-3-4-6-27(24)41-2/h3-8,10-13,19,23H,9,14-18H2,1-2H3,(H3,32,33)(H2,34,36,40). The Morgan fingerprint density at radius 2 is 1.73 bits per heavy atom. The fraction of sp³-hybridized carbons (Fsp3) is 0.290. The minimum atomic E-state index is -0.288. The van der Waals surface area contributed by atoms with Crippen LogP contribution in [-0.2, 0) is 19.9 Å². The Morgan fingerprint density at radius 1 is 1.02 bits per heavy atom. The summed E-state index contributed by atoms with van der Waals surface area (Å²) in [5, 5.41) is 13.4. The number of ether oxygens (including phenoxy) is 1. The summed E-state index contributed by atoms with van der Waals surface area (Å²) in [4.78, 5) is 32.5. The normalized spacial score (nSPS) is 13.7. The zero-order valence-electron chi connectivity index (χ0n) is 23.3. The zero-order valence-corrected chi connectivity index (χ0v) is 23.3. The second kappa shape index (κ2) is 12.1. The lowest BCUT2D eigenvalue weighted by atomic mass is 10.0. The summed E-state index contributed by atoms with van der Waals surface area (Å²) in [5.41, 5.74) is 10.4. The maximum atomic E-state index is 13.3. The van der Waals surface area contributed by atoms with Crippen molar-refractivity contribution >= 4 is 34.5 Å². The minimum absolute atomic E-state index is 0.0201. The fourth-order valence-electron chi connectivity index (χ4n) is 5.21. The van der Waals surface area contributed by atoms with Crippen LogP contribution in [0.2, 0.25) is 0 Å². The number of piperidine rings is 1. The van der Waals surface area contributed by atoms with Gasteiger partial charge in [0.05, 0.1) is 23.8 Å². The molecule has 1 aliphatic rings. The second-order valence-corrected chi connectivity index (χ2v) is 10.3. The molecule has 0 atom stereocenters. The Morgan fingerprint density at radius 3 is 2.44 bits per heavy atom. The molecular weight excluding hydrogens is 518 g/mol. The molecule has 1 saturated heterocycles. The van der Waals surface area contributed by atoms with E-state index in [1.807, 2.05) is 66.5 Å².